The van der Waals surface area contributed by atoms with Crippen molar-refractivity contribution >= 4 is 5.95 Å². The van der Waals surface area contributed by atoms with E-state index < -0.39 is 0 Å². The molecule has 0 saturated carbocycles. The number of anilines is 1. The summed E-state index contributed by atoms with van der Waals surface area (Å²) in [5, 5.41) is 3.32. The molecule has 0 radical (unpaired) electrons. The lowest BCUT2D eigenvalue weighted by Gasteiger charge is -2.11. The summed E-state index contributed by atoms with van der Waals surface area (Å²) >= 11 is 0. The molecule has 4 heteroatoms. The maximum absolute atomic E-state index is 12.8. The Morgan fingerprint density at radius 3 is 2.68 bits per heavy atom. The Hall–Kier alpha value is -1.84. The number of hydrogen-bond acceptors (Lipinski definition) is 2. The highest BCUT2D eigenvalue weighted by molar-refractivity contribution is 5.27. The number of nitrogens with zero attached hydrogens (tertiary/aromatic N) is 2. The molecule has 19 heavy (non-hydrogen) atoms. The molecule has 2 aromatic rings. The average molecular weight is 261 g/mol. The van der Waals surface area contributed by atoms with Crippen molar-refractivity contribution < 1.29 is 4.39 Å². The van der Waals surface area contributed by atoms with Gasteiger partial charge in [0.2, 0.25) is 5.95 Å². The van der Waals surface area contributed by atoms with Crippen LogP contribution in [0.15, 0.2) is 36.7 Å². The van der Waals surface area contributed by atoms with E-state index in [0.717, 1.165) is 31.0 Å². The smallest absolute Gasteiger partial charge is 0.202 e. The van der Waals surface area contributed by atoms with Crippen LogP contribution in [-0.2, 0) is 13.0 Å². The first-order valence-electron chi connectivity index (χ1n) is 6.64. The summed E-state index contributed by atoms with van der Waals surface area (Å²) in [5.74, 6) is 1.30. The summed E-state index contributed by atoms with van der Waals surface area (Å²) in [7, 11) is 0. The summed E-state index contributed by atoms with van der Waals surface area (Å²) in [6.45, 7) is 6.12. The van der Waals surface area contributed by atoms with E-state index in [-0.39, 0.29) is 5.82 Å². The van der Waals surface area contributed by atoms with Gasteiger partial charge in [-0.1, -0.05) is 26.0 Å². The summed E-state index contributed by atoms with van der Waals surface area (Å²) in [4.78, 5) is 4.31. The van der Waals surface area contributed by atoms with Gasteiger partial charge in [-0.05, 0) is 30.0 Å². The second-order valence-corrected chi connectivity index (χ2v) is 5.10. The van der Waals surface area contributed by atoms with Gasteiger partial charge >= 0.3 is 0 Å². The number of benzene rings is 1. The van der Waals surface area contributed by atoms with E-state index in [1.54, 1.807) is 0 Å². The number of nitrogens with one attached hydrogen (secondary N) is 1. The molecule has 1 aromatic carbocycles. The van der Waals surface area contributed by atoms with Crippen molar-refractivity contribution in [1.82, 2.24) is 9.55 Å². The van der Waals surface area contributed by atoms with Crippen LogP contribution in [0.4, 0.5) is 10.3 Å². The van der Waals surface area contributed by atoms with Crippen LogP contribution < -0.4 is 5.32 Å². The third-order valence-corrected chi connectivity index (χ3v) is 2.89. The van der Waals surface area contributed by atoms with Gasteiger partial charge in [-0.2, -0.15) is 0 Å². The van der Waals surface area contributed by atoms with E-state index in [0.29, 0.717) is 5.92 Å². The molecule has 0 aliphatic heterocycles. The standard InChI is InChI=1S/C15H20FN3/c1-12(2)11-19-10-9-18-15(19)17-8-7-13-3-5-14(16)6-4-13/h3-6,9-10,12H,7-8,11H2,1-2H3,(H,17,18). The van der Waals surface area contributed by atoms with Crippen LogP contribution >= 0.6 is 0 Å². The zero-order chi connectivity index (χ0) is 13.7. The van der Waals surface area contributed by atoms with Crippen LogP contribution in [-0.4, -0.2) is 16.1 Å². The minimum Gasteiger partial charge on any atom is -0.355 e. The van der Waals surface area contributed by atoms with Gasteiger partial charge in [0, 0.05) is 25.5 Å². The SMILES string of the molecule is CC(C)Cn1ccnc1NCCc1ccc(F)cc1. The Balaban J connectivity index is 1.85. The molecule has 1 N–H and O–H groups in total. The lowest BCUT2D eigenvalue weighted by Crippen LogP contribution is -2.12. The number of halogens is 1. The molecule has 0 aliphatic carbocycles. The zero-order valence-corrected chi connectivity index (χ0v) is 11.4. The first kappa shape index (κ1) is 13.6. The van der Waals surface area contributed by atoms with Gasteiger partial charge in [0.05, 0.1) is 0 Å². The average Bonchev–Trinajstić information content (AvgIpc) is 2.78. The normalized spacial score (nSPS) is 10.9. The van der Waals surface area contributed by atoms with E-state index in [4.69, 9.17) is 0 Å². The van der Waals surface area contributed by atoms with Gasteiger partial charge < -0.3 is 9.88 Å². The molecule has 0 aliphatic rings. The highest BCUT2D eigenvalue weighted by atomic mass is 19.1. The van der Waals surface area contributed by atoms with Gasteiger partial charge in [-0.3, -0.25) is 0 Å². The van der Waals surface area contributed by atoms with Crippen molar-refractivity contribution in [1.29, 1.82) is 0 Å². The van der Waals surface area contributed by atoms with Gasteiger partial charge in [0.15, 0.2) is 0 Å². The fourth-order valence-corrected chi connectivity index (χ4v) is 1.99. The summed E-state index contributed by atoms with van der Waals surface area (Å²) in [6, 6.07) is 6.62. The van der Waals surface area contributed by atoms with Crippen LogP contribution in [0.3, 0.4) is 0 Å². The van der Waals surface area contributed by atoms with Gasteiger partial charge in [-0.25, -0.2) is 9.37 Å². The Morgan fingerprint density at radius 2 is 2.00 bits per heavy atom. The first-order chi connectivity index (χ1) is 9.15. The fourth-order valence-electron chi connectivity index (χ4n) is 1.99. The van der Waals surface area contributed by atoms with Crippen molar-refractivity contribution in [2.75, 3.05) is 11.9 Å². The maximum atomic E-state index is 12.8. The Bertz CT molecular complexity index is 502. The zero-order valence-electron chi connectivity index (χ0n) is 11.4. The molecule has 0 atom stereocenters. The molecule has 3 nitrogen and oxygen atoms in total. The Kier molecular flexibility index (Phi) is 4.55. The number of imidazole rings is 1. The first-order valence-corrected chi connectivity index (χ1v) is 6.64. The Morgan fingerprint density at radius 1 is 1.26 bits per heavy atom. The second-order valence-electron chi connectivity index (χ2n) is 5.10. The topological polar surface area (TPSA) is 29.9 Å². The highest BCUT2D eigenvalue weighted by Gasteiger charge is 2.03. The molecule has 0 fully saturated rings. The summed E-state index contributed by atoms with van der Waals surface area (Å²) < 4.78 is 14.9. The number of aromatic nitrogens is 2. The lowest BCUT2D eigenvalue weighted by molar-refractivity contribution is 0.526. The predicted octanol–water partition coefficient (Wildman–Crippen LogP) is 3.33. The van der Waals surface area contributed by atoms with Crippen molar-refractivity contribution in [3.05, 3.63) is 48.0 Å². The van der Waals surface area contributed by atoms with Gasteiger partial charge in [-0.15, -0.1) is 0 Å². The van der Waals surface area contributed by atoms with Crippen LogP contribution in [0.1, 0.15) is 19.4 Å². The largest absolute Gasteiger partial charge is 0.355 e. The van der Waals surface area contributed by atoms with Crippen LogP contribution in [0.25, 0.3) is 0 Å². The summed E-state index contributed by atoms with van der Waals surface area (Å²) in [5.41, 5.74) is 1.12. The predicted molar refractivity (Wildman–Crippen MR) is 75.7 cm³/mol. The minimum atomic E-state index is -0.191. The molecule has 0 spiro atoms. The molecule has 1 heterocycles. The van der Waals surface area contributed by atoms with Crippen LogP contribution in [0.5, 0.6) is 0 Å². The quantitative estimate of drug-likeness (QED) is 0.864. The molecule has 0 bridgehead atoms. The third kappa shape index (κ3) is 4.09. The number of rotatable bonds is 6. The number of hydrogen-bond donors (Lipinski definition) is 1. The highest BCUT2D eigenvalue weighted by Crippen LogP contribution is 2.09. The Labute approximate surface area is 113 Å². The monoisotopic (exact) mass is 261 g/mol. The fraction of sp³-hybridized carbons (Fsp3) is 0.400. The summed E-state index contributed by atoms with van der Waals surface area (Å²) in [6.07, 6.45) is 4.65. The molecule has 2 rings (SSSR count). The van der Waals surface area contributed by atoms with E-state index in [2.05, 4.69) is 28.7 Å². The van der Waals surface area contributed by atoms with Crippen LogP contribution in [0.2, 0.25) is 0 Å². The third-order valence-electron chi connectivity index (χ3n) is 2.89. The molecular formula is C15H20FN3. The van der Waals surface area contributed by atoms with Crippen LogP contribution in [0, 0.1) is 11.7 Å². The van der Waals surface area contributed by atoms with Crippen molar-refractivity contribution in [2.45, 2.75) is 26.8 Å². The van der Waals surface area contributed by atoms with E-state index >= 15 is 0 Å². The van der Waals surface area contributed by atoms with Gasteiger partial charge in [0.1, 0.15) is 5.82 Å². The molecule has 0 saturated heterocycles. The maximum Gasteiger partial charge on any atom is 0.202 e. The molecule has 102 valence electrons. The van der Waals surface area contributed by atoms with Crippen molar-refractivity contribution in [3.63, 3.8) is 0 Å². The molecule has 1 aromatic heterocycles. The van der Waals surface area contributed by atoms with Gasteiger partial charge in [0.25, 0.3) is 0 Å². The van der Waals surface area contributed by atoms with E-state index in [1.165, 1.54) is 12.1 Å². The van der Waals surface area contributed by atoms with E-state index in [9.17, 15) is 4.39 Å². The van der Waals surface area contributed by atoms with Crippen molar-refractivity contribution in [3.8, 4) is 0 Å². The van der Waals surface area contributed by atoms with Crippen molar-refractivity contribution in [2.24, 2.45) is 5.92 Å². The van der Waals surface area contributed by atoms with E-state index in [1.807, 2.05) is 24.5 Å². The molecular weight excluding hydrogens is 241 g/mol. The molecule has 0 unspecified atom stereocenters. The molecule has 0 amide bonds. The second kappa shape index (κ2) is 6.36. The minimum absolute atomic E-state index is 0.191. The lowest BCUT2D eigenvalue weighted by atomic mass is 10.1.